The van der Waals surface area contributed by atoms with E-state index in [1.807, 2.05) is 71.9 Å². The Balaban J connectivity index is 2.22. The van der Waals surface area contributed by atoms with E-state index in [1.165, 1.54) is 11.8 Å². The Morgan fingerprint density at radius 2 is 1.67 bits per heavy atom. The molecule has 0 amide bonds. The predicted octanol–water partition coefficient (Wildman–Crippen LogP) is 7.53. The predicted molar refractivity (Wildman–Crippen MR) is 147 cm³/mol. The van der Waals surface area contributed by atoms with Gasteiger partial charge >= 0.3 is 12.1 Å². The van der Waals surface area contributed by atoms with Crippen LogP contribution < -0.4 is 0 Å². The van der Waals surface area contributed by atoms with E-state index in [0.717, 1.165) is 26.9 Å². The quantitative estimate of drug-likeness (QED) is 0.261. The maximum atomic E-state index is 13.4. The lowest BCUT2D eigenvalue weighted by atomic mass is 9.87. The lowest BCUT2D eigenvalue weighted by Gasteiger charge is -2.23. The van der Waals surface area contributed by atoms with E-state index in [0.29, 0.717) is 18.0 Å². The summed E-state index contributed by atoms with van der Waals surface area (Å²) in [7, 11) is 0. The van der Waals surface area contributed by atoms with E-state index in [2.05, 4.69) is 25.8 Å². The second-order valence-corrected chi connectivity index (χ2v) is 13.1. The summed E-state index contributed by atoms with van der Waals surface area (Å²) in [6.07, 6.45) is 1.32. The van der Waals surface area contributed by atoms with Gasteiger partial charge in [0, 0.05) is 16.5 Å². The Hall–Kier alpha value is -2.80. The zero-order valence-corrected chi connectivity index (χ0v) is 23.9. The molecule has 6 nitrogen and oxygen atoms in total. The molecule has 0 unspecified atom stereocenters. The SMILES string of the molecule is CCOC(=O)C(C)(C)Sc1ccc2c(cc(-c3cc(C(C)(C)C)ccn3)n2C(=O)OC(C)(C)C)c1C. The highest BCUT2D eigenvalue weighted by Crippen LogP contribution is 2.40. The molecule has 7 heteroatoms. The summed E-state index contributed by atoms with van der Waals surface area (Å²) in [5.74, 6) is -0.260. The van der Waals surface area contributed by atoms with Crippen LogP contribution in [0.4, 0.5) is 4.79 Å². The first-order valence-corrected chi connectivity index (χ1v) is 13.1. The van der Waals surface area contributed by atoms with Crippen molar-refractivity contribution in [3.05, 3.63) is 47.7 Å². The van der Waals surface area contributed by atoms with Crippen LogP contribution in [0.25, 0.3) is 22.3 Å². The fourth-order valence-electron chi connectivity index (χ4n) is 3.86. The third-order valence-electron chi connectivity index (χ3n) is 5.80. The van der Waals surface area contributed by atoms with Gasteiger partial charge in [-0.1, -0.05) is 20.8 Å². The molecule has 0 radical (unpaired) electrons. The molecule has 0 aliphatic heterocycles. The number of nitrogens with zero attached hydrogens (tertiary/aromatic N) is 2. The zero-order chi connectivity index (χ0) is 27.1. The number of hydrogen-bond acceptors (Lipinski definition) is 6. The molecule has 0 aliphatic carbocycles. The van der Waals surface area contributed by atoms with Crippen molar-refractivity contribution in [2.24, 2.45) is 0 Å². The Morgan fingerprint density at radius 1 is 1.00 bits per heavy atom. The lowest BCUT2D eigenvalue weighted by molar-refractivity contribution is -0.145. The van der Waals surface area contributed by atoms with Gasteiger partial charge in [-0.05, 0) is 95.3 Å². The molecule has 3 rings (SSSR count). The molecule has 0 saturated carbocycles. The standard InChI is InChI=1S/C29H38N2O4S/c1-11-34-25(32)29(9,10)36-24-13-12-22-20(18(24)2)17-23(31(22)26(33)35-28(6,7)8)21-16-19(14-15-30-21)27(3,4)5/h12-17H,11H2,1-10H3. The molecule has 2 heterocycles. The number of benzene rings is 1. The Morgan fingerprint density at radius 3 is 2.25 bits per heavy atom. The van der Waals surface area contributed by atoms with Crippen LogP contribution in [-0.2, 0) is 19.7 Å². The summed E-state index contributed by atoms with van der Waals surface area (Å²) >= 11 is 1.45. The lowest BCUT2D eigenvalue weighted by Crippen LogP contribution is -2.30. The van der Waals surface area contributed by atoms with E-state index in [1.54, 1.807) is 17.7 Å². The fourth-order valence-corrected chi connectivity index (χ4v) is 4.96. The van der Waals surface area contributed by atoms with Crippen LogP contribution in [0.1, 0.15) is 73.4 Å². The van der Waals surface area contributed by atoms with E-state index < -0.39 is 16.4 Å². The molecule has 36 heavy (non-hydrogen) atoms. The van der Waals surface area contributed by atoms with Gasteiger partial charge in [-0.3, -0.25) is 9.78 Å². The van der Waals surface area contributed by atoms with Gasteiger partial charge in [0.15, 0.2) is 0 Å². The number of carbonyl (C=O) groups is 2. The van der Waals surface area contributed by atoms with Gasteiger partial charge in [0.2, 0.25) is 0 Å². The minimum absolute atomic E-state index is 0.0706. The van der Waals surface area contributed by atoms with Crippen molar-refractivity contribution >= 4 is 34.7 Å². The van der Waals surface area contributed by atoms with Crippen molar-refractivity contribution in [2.45, 2.75) is 89.9 Å². The minimum atomic E-state index is -0.756. The largest absolute Gasteiger partial charge is 0.465 e. The number of rotatable bonds is 5. The highest BCUT2D eigenvalue weighted by Gasteiger charge is 2.32. The first kappa shape index (κ1) is 27.8. The third-order valence-corrected chi connectivity index (χ3v) is 7.14. The van der Waals surface area contributed by atoms with Crippen LogP contribution in [0.3, 0.4) is 0 Å². The van der Waals surface area contributed by atoms with Gasteiger partial charge in [0.05, 0.1) is 23.5 Å². The second-order valence-electron chi connectivity index (χ2n) is 11.5. The first-order chi connectivity index (χ1) is 16.5. The summed E-state index contributed by atoms with van der Waals surface area (Å²) in [6.45, 7) is 19.9. The number of aromatic nitrogens is 2. The number of aryl methyl sites for hydroxylation is 1. The zero-order valence-electron chi connectivity index (χ0n) is 23.1. The summed E-state index contributed by atoms with van der Waals surface area (Å²) in [4.78, 5) is 31.5. The van der Waals surface area contributed by atoms with Gasteiger partial charge < -0.3 is 9.47 Å². The summed E-state index contributed by atoms with van der Waals surface area (Å²) in [5, 5.41) is 0.906. The van der Waals surface area contributed by atoms with Crippen molar-refractivity contribution in [2.75, 3.05) is 6.61 Å². The number of thioether (sulfide) groups is 1. The number of hydrogen-bond donors (Lipinski definition) is 0. The smallest absolute Gasteiger partial charge is 0.419 e. The van der Waals surface area contributed by atoms with Gasteiger partial charge in [-0.25, -0.2) is 9.36 Å². The van der Waals surface area contributed by atoms with Crippen molar-refractivity contribution in [3.63, 3.8) is 0 Å². The summed E-state index contributed by atoms with van der Waals surface area (Å²) < 4.78 is 11.9. The van der Waals surface area contributed by atoms with E-state index in [-0.39, 0.29) is 11.4 Å². The van der Waals surface area contributed by atoms with Crippen molar-refractivity contribution < 1.29 is 19.1 Å². The maximum absolute atomic E-state index is 13.4. The van der Waals surface area contributed by atoms with Crippen LogP contribution in [0.2, 0.25) is 0 Å². The molecular formula is C29H38N2O4S. The second kappa shape index (κ2) is 9.92. The van der Waals surface area contributed by atoms with Crippen molar-refractivity contribution in [1.82, 2.24) is 9.55 Å². The number of ether oxygens (including phenoxy) is 2. The number of esters is 1. The van der Waals surface area contributed by atoms with E-state index in [9.17, 15) is 9.59 Å². The van der Waals surface area contributed by atoms with Crippen LogP contribution in [0, 0.1) is 6.92 Å². The van der Waals surface area contributed by atoms with Crippen LogP contribution >= 0.6 is 11.8 Å². The first-order valence-electron chi connectivity index (χ1n) is 12.3. The molecule has 0 N–H and O–H groups in total. The van der Waals surface area contributed by atoms with Crippen molar-refractivity contribution in [3.8, 4) is 11.4 Å². The molecular weight excluding hydrogens is 472 g/mol. The molecule has 0 spiro atoms. The molecule has 1 aromatic carbocycles. The molecule has 0 saturated heterocycles. The highest BCUT2D eigenvalue weighted by atomic mass is 32.2. The monoisotopic (exact) mass is 510 g/mol. The summed E-state index contributed by atoms with van der Waals surface area (Å²) in [6, 6.07) is 9.88. The van der Waals surface area contributed by atoms with Crippen LogP contribution in [0.15, 0.2) is 41.4 Å². The normalized spacial score (nSPS) is 12.6. The molecule has 2 aromatic heterocycles. The number of fused-ring (bicyclic) bond motifs is 1. The Kier molecular flexibility index (Phi) is 7.66. The Labute approximate surface area is 218 Å². The summed E-state index contributed by atoms with van der Waals surface area (Å²) in [5.41, 5.74) is 3.48. The molecule has 0 aliphatic rings. The van der Waals surface area contributed by atoms with Gasteiger partial charge in [-0.15, -0.1) is 11.8 Å². The van der Waals surface area contributed by atoms with E-state index >= 15 is 0 Å². The van der Waals surface area contributed by atoms with Crippen LogP contribution in [-0.4, -0.2) is 38.6 Å². The van der Waals surface area contributed by atoms with Crippen LogP contribution in [0.5, 0.6) is 0 Å². The van der Waals surface area contributed by atoms with Gasteiger partial charge in [0.1, 0.15) is 10.3 Å². The third kappa shape index (κ3) is 5.94. The fraction of sp³-hybridized carbons (Fsp3) is 0.483. The van der Waals surface area contributed by atoms with Crippen molar-refractivity contribution in [1.29, 1.82) is 0 Å². The Bertz CT molecular complexity index is 1290. The topological polar surface area (TPSA) is 70.4 Å². The maximum Gasteiger partial charge on any atom is 0.419 e. The van der Waals surface area contributed by atoms with Gasteiger partial charge in [-0.2, -0.15) is 0 Å². The van der Waals surface area contributed by atoms with E-state index in [4.69, 9.17) is 9.47 Å². The minimum Gasteiger partial charge on any atom is -0.465 e. The molecule has 0 fully saturated rings. The van der Waals surface area contributed by atoms with Gasteiger partial charge in [0.25, 0.3) is 0 Å². The number of pyridine rings is 1. The average molecular weight is 511 g/mol. The molecule has 194 valence electrons. The molecule has 3 aromatic rings. The number of carbonyl (C=O) groups excluding carboxylic acids is 2. The average Bonchev–Trinajstić information content (AvgIpc) is 3.15. The molecule has 0 bridgehead atoms. The highest BCUT2D eigenvalue weighted by molar-refractivity contribution is 8.01. The molecule has 0 atom stereocenters.